The third-order valence-corrected chi connectivity index (χ3v) is 9.61. The predicted octanol–water partition coefficient (Wildman–Crippen LogP) is 13.0. The van der Waals surface area contributed by atoms with Crippen LogP contribution in [0.4, 0.5) is 0 Å². The Bertz CT molecular complexity index is 3600. The molecule has 0 aliphatic rings. The third-order valence-electron chi connectivity index (χ3n) is 9.61. The largest absolute Gasteiger partial charge is 3.00 e. The molecule has 5 aromatic carbocycles. The van der Waals surface area contributed by atoms with E-state index in [0.29, 0.717) is 33.3 Å². The van der Waals surface area contributed by atoms with Crippen LogP contribution in [0.3, 0.4) is 0 Å². The first-order valence-corrected chi connectivity index (χ1v) is 19.8. The first-order valence-electron chi connectivity index (χ1n) is 27.3. The topological polar surface area (TPSA) is 75.6 Å². The number of nitrogens with zero attached hydrogens (tertiary/aromatic N) is 4. The molecule has 0 N–H and O–H groups in total. The molecular formula is C57H47IrN4O. The Labute approximate surface area is 405 Å². The summed E-state index contributed by atoms with van der Waals surface area (Å²) in [5.74, 6) is 0. The maximum Gasteiger partial charge on any atom is 3.00 e. The number of hydrogen-bond acceptors (Lipinski definition) is 5. The zero-order valence-electron chi connectivity index (χ0n) is 49.3. The number of aryl methyl sites for hydroxylation is 6. The molecule has 310 valence electrons. The number of aromatic nitrogens is 3. The number of benzene rings is 5. The van der Waals surface area contributed by atoms with E-state index in [1.165, 1.54) is 42.5 Å². The van der Waals surface area contributed by atoms with Crippen molar-refractivity contribution in [3.63, 3.8) is 0 Å². The van der Waals surface area contributed by atoms with Crippen molar-refractivity contribution in [2.45, 2.75) is 65.4 Å². The molecule has 0 saturated carbocycles. The average Bonchev–Trinajstić information content (AvgIpc) is 3.97. The van der Waals surface area contributed by atoms with E-state index >= 15 is 0 Å². The molecule has 0 fully saturated rings. The first kappa shape index (κ1) is 28.2. The van der Waals surface area contributed by atoms with E-state index in [0.717, 1.165) is 36.8 Å². The fraction of sp³-hybridized carbons (Fsp3) is 0.193. The van der Waals surface area contributed by atoms with Gasteiger partial charge in [-0.05, 0) is 118 Å². The second-order valence-corrected chi connectivity index (χ2v) is 15.4. The molecule has 0 bridgehead atoms. The van der Waals surface area contributed by atoms with E-state index in [1.807, 2.05) is 6.07 Å². The van der Waals surface area contributed by atoms with Crippen molar-refractivity contribution < 1.29 is 45.1 Å². The van der Waals surface area contributed by atoms with Gasteiger partial charge in [-0.1, -0.05) is 86.3 Å². The Morgan fingerprint density at radius 1 is 0.603 bits per heavy atom. The van der Waals surface area contributed by atoms with Gasteiger partial charge in [-0.2, -0.15) is 5.26 Å². The van der Waals surface area contributed by atoms with Crippen LogP contribution in [0.5, 0.6) is 0 Å². The Morgan fingerprint density at radius 2 is 1.11 bits per heavy atom. The normalized spacial score (nSPS) is 16.5. The van der Waals surface area contributed by atoms with Crippen LogP contribution in [0.25, 0.3) is 55.7 Å². The molecule has 5 nitrogen and oxygen atoms in total. The van der Waals surface area contributed by atoms with Crippen LogP contribution in [-0.4, -0.2) is 15.0 Å². The van der Waals surface area contributed by atoms with Crippen molar-refractivity contribution in [1.82, 2.24) is 15.0 Å². The second-order valence-electron chi connectivity index (χ2n) is 15.4. The van der Waals surface area contributed by atoms with Crippen LogP contribution in [0.15, 0.2) is 150 Å². The van der Waals surface area contributed by atoms with Crippen molar-refractivity contribution in [2.24, 2.45) is 5.41 Å². The molecule has 9 rings (SSSR count). The van der Waals surface area contributed by atoms with E-state index in [4.69, 9.17) is 8.53 Å². The molecule has 0 radical (unpaired) electrons. The molecule has 0 aliphatic carbocycles. The quantitative estimate of drug-likeness (QED) is 0.108. The molecule has 4 heterocycles. The number of nitriles is 1. The number of fused-ring (bicyclic) bond motifs is 3. The van der Waals surface area contributed by atoms with Crippen molar-refractivity contribution >= 4 is 21.9 Å². The van der Waals surface area contributed by atoms with E-state index in [1.54, 1.807) is 81.4 Å². The molecule has 0 spiro atoms. The predicted molar refractivity (Wildman–Crippen MR) is 249 cm³/mol. The summed E-state index contributed by atoms with van der Waals surface area (Å²) in [5, 5.41) is 10.9. The summed E-state index contributed by atoms with van der Waals surface area (Å²) < 4.78 is 146. The molecule has 0 amide bonds. The summed E-state index contributed by atoms with van der Waals surface area (Å²) in [7, 11) is 0. The molecule has 4 aromatic heterocycles. The van der Waals surface area contributed by atoms with Gasteiger partial charge in [0.25, 0.3) is 0 Å². The van der Waals surface area contributed by atoms with Gasteiger partial charge < -0.3 is 19.4 Å². The molecule has 0 unspecified atom stereocenters. The summed E-state index contributed by atoms with van der Waals surface area (Å²) >= 11 is 0. The SMILES string of the molecule is [2H]c1c(C#N)c(C([2H])([2H])C(C)(C)C)cc2c1oc1c(-c3ccc(C([2H])([2H])C([2H])([2H])c4cc(C([2H])([2H])C([2H])([2H])c5ccc(-c6[c-]cccc6)nc5)cc(C([2H])([2H])C([2H])([2H])c5ccc(-c6[c-]cccc6)nc5)c4)cn3)[c-]ccc12.[Ir+3]. The van der Waals surface area contributed by atoms with Crippen LogP contribution < -0.4 is 0 Å². The molecule has 0 saturated heterocycles. The van der Waals surface area contributed by atoms with Gasteiger partial charge in [0.05, 0.1) is 18.6 Å². The minimum Gasteiger partial charge on any atom is -0.501 e. The molecule has 0 atom stereocenters. The number of rotatable bonds is 13. The van der Waals surface area contributed by atoms with Gasteiger partial charge >= 0.3 is 20.1 Å². The smallest absolute Gasteiger partial charge is 0.501 e. The monoisotopic (exact) mass is 1010 g/mol. The van der Waals surface area contributed by atoms with Crippen molar-refractivity contribution in [3.8, 4) is 39.8 Å². The van der Waals surface area contributed by atoms with Crippen molar-refractivity contribution in [2.75, 3.05) is 0 Å². The zero-order chi connectivity index (χ0) is 55.9. The Kier molecular flexibility index (Phi) is 8.63. The Hall–Kier alpha value is -6.51. The summed E-state index contributed by atoms with van der Waals surface area (Å²) in [4.78, 5) is 13.2. The third kappa shape index (κ3) is 10.4. The molecule has 0 aliphatic heterocycles. The van der Waals surface area contributed by atoms with Crippen LogP contribution in [0.2, 0.25) is 0 Å². The van der Waals surface area contributed by atoms with E-state index in [-0.39, 0.29) is 76.4 Å². The minimum atomic E-state index is -3.19. The fourth-order valence-corrected chi connectivity index (χ4v) is 6.75. The van der Waals surface area contributed by atoms with E-state index < -0.39 is 66.7 Å². The maximum atomic E-state index is 10.1. The summed E-state index contributed by atoms with van der Waals surface area (Å²) in [6, 6.07) is 40.6. The number of furan rings is 1. The maximum absolute atomic E-state index is 10.1. The fourth-order valence-electron chi connectivity index (χ4n) is 6.75. The van der Waals surface area contributed by atoms with Crippen molar-refractivity contribution in [3.05, 3.63) is 209 Å². The summed E-state index contributed by atoms with van der Waals surface area (Å²) in [6.07, 6.45) is -17.1. The molecule has 9 aromatic rings. The first-order chi connectivity index (χ1) is 36.0. The second kappa shape index (κ2) is 19.3. The standard InChI is InChI=1S/C57H47N4O.Ir/c1-57(2,3)34-47-32-51-49-15-10-16-50(56(49)62-55(51)33-48(47)35-58)54-28-25-41(38-61-54)19-22-44-30-42(20-17-39-23-26-52(59-36-39)45-11-6-4-7-12-45)29-43(31-44)21-18-40-24-27-53(60-37-40)46-13-8-5-9-14-46;/h4-11,13,15,23-33,36-38H,17-22,34H2,1-3H3;/q-3;+3/i17D2,18D2,19D2,20D2,21D2,22D2,33D,34D2;. The number of hydrogen-bond donors (Lipinski definition) is 0. The summed E-state index contributed by atoms with van der Waals surface area (Å²) in [5.41, 5.74) is -1.09. The van der Waals surface area contributed by atoms with Crippen LogP contribution >= 0.6 is 0 Å². The van der Waals surface area contributed by atoms with Gasteiger partial charge in [-0.15, -0.1) is 90.0 Å². The Morgan fingerprint density at radius 3 is 1.56 bits per heavy atom. The number of pyridine rings is 3. The molecule has 6 heteroatoms. The molecular weight excluding hydrogens is 949 g/mol. The zero-order valence-corrected chi connectivity index (χ0v) is 36.7. The summed E-state index contributed by atoms with van der Waals surface area (Å²) in [6.45, 7) is 5.08. The van der Waals surface area contributed by atoms with Gasteiger partial charge in [0.15, 0.2) is 0 Å². The average molecular weight is 1010 g/mol. The van der Waals surface area contributed by atoms with E-state index in [2.05, 4.69) is 33.2 Å². The van der Waals surface area contributed by atoms with Gasteiger partial charge in [-0.25, -0.2) is 0 Å². The van der Waals surface area contributed by atoms with E-state index in [9.17, 15) is 21.7 Å². The minimum absolute atomic E-state index is 0. The van der Waals surface area contributed by atoms with Gasteiger partial charge in [-0.3, -0.25) is 0 Å². The molecule has 63 heavy (non-hydrogen) atoms. The van der Waals surface area contributed by atoms with Crippen LogP contribution in [0.1, 0.15) is 85.8 Å². The Balaban J connectivity index is 0.00000803. The van der Waals surface area contributed by atoms with Crippen LogP contribution in [-0.2, 0) is 64.7 Å². The van der Waals surface area contributed by atoms with Gasteiger partial charge in [0, 0.05) is 43.2 Å². The van der Waals surface area contributed by atoms with Gasteiger partial charge in [0.1, 0.15) is 5.58 Å². The van der Waals surface area contributed by atoms with Crippen molar-refractivity contribution in [1.29, 1.82) is 5.26 Å². The van der Waals surface area contributed by atoms with Crippen LogP contribution in [0, 0.1) is 34.9 Å². The van der Waals surface area contributed by atoms with Gasteiger partial charge in [0.2, 0.25) is 0 Å².